The van der Waals surface area contributed by atoms with Gasteiger partial charge < -0.3 is 9.80 Å². The van der Waals surface area contributed by atoms with Crippen LogP contribution in [0.15, 0.2) is 158 Å². The second kappa shape index (κ2) is 11.8. The Morgan fingerprint density at radius 3 is 0.980 bits per heavy atom. The van der Waals surface area contributed by atoms with Crippen molar-refractivity contribution in [2.45, 2.75) is 27.7 Å². The molecule has 0 atom stereocenters. The largest absolute Gasteiger partial charge is 0.310 e. The standard InChI is InChI=1S/C48H38N2/c1-31-15-19-41(23-33(31)3)49(39-11-7-5-8-12-39)43-21-17-35-27-45-46-28-36-18-22-44(26-38(36)30-48(46)47(45)29-37(35)25-43)50(40-13-9-6-10-14-40)42-20-16-32(2)34(4)24-42/h5-30H,1-4H3. The molecule has 0 heterocycles. The molecule has 8 aromatic carbocycles. The SMILES string of the molecule is Cc1ccc(N(c2ccccc2)c2ccc3cc4c(cc3c2)-c2cc3cc(N(c5ccccc5)c5ccc(C)c(C)c5)ccc3cc2-4)cc1C. The van der Waals surface area contributed by atoms with Gasteiger partial charge in [0.25, 0.3) is 0 Å². The molecule has 1 aliphatic rings. The molecule has 50 heavy (non-hydrogen) atoms. The first-order chi connectivity index (χ1) is 24.4. The lowest BCUT2D eigenvalue weighted by Gasteiger charge is -2.29. The lowest BCUT2D eigenvalue weighted by atomic mass is 9.78. The highest BCUT2D eigenvalue weighted by atomic mass is 15.1. The van der Waals surface area contributed by atoms with Crippen molar-refractivity contribution in [3.8, 4) is 22.3 Å². The van der Waals surface area contributed by atoms with Gasteiger partial charge in [0.15, 0.2) is 0 Å². The number of fused-ring (bicyclic) bond motifs is 6. The van der Waals surface area contributed by atoms with Gasteiger partial charge in [-0.1, -0.05) is 60.7 Å². The van der Waals surface area contributed by atoms with Crippen LogP contribution in [-0.4, -0.2) is 0 Å². The lowest BCUT2D eigenvalue weighted by molar-refractivity contribution is 1.25. The summed E-state index contributed by atoms with van der Waals surface area (Å²) in [5, 5.41) is 5.01. The van der Waals surface area contributed by atoms with Crippen molar-refractivity contribution in [3.63, 3.8) is 0 Å². The maximum absolute atomic E-state index is 2.39. The van der Waals surface area contributed by atoms with Gasteiger partial charge in [-0.2, -0.15) is 0 Å². The first-order valence-corrected chi connectivity index (χ1v) is 17.4. The summed E-state index contributed by atoms with van der Waals surface area (Å²) < 4.78 is 0. The molecule has 0 bridgehead atoms. The zero-order chi connectivity index (χ0) is 33.9. The normalized spacial score (nSPS) is 11.6. The Labute approximate surface area is 294 Å². The number of rotatable bonds is 6. The van der Waals surface area contributed by atoms with Crippen molar-refractivity contribution in [2.24, 2.45) is 0 Å². The van der Waals surface area contributed by atoms with E-state index >= 15 is 0 Å². The number of nitrogens with zero attached hydrogens (tertiary/aromatic N) is 2. The molecule has 2 heteroatoms. The average molecular weight is 643 g/mol. The number of anilines is 6. The molecule has 0 spiro atoms. The van der Waals surface area contributed by atoms with E-state index in [0.29, 0.717) is 0 Å². The fraction of sp³-hybridized carbons (Fsp3) is 0.0833. The van der Waals surface area contributed by atoms with Gasteiger partial charge >= 0.3 is 0 Å². The van der Waals surface area contributed by atoms with Crippen LogP contribution in [0, 0.1) is 27.7 Å². The second-order valence-electron chi connectivity index (χ2n) is 13.7. The maximum Gasteiger partial charge on any atom is 0.0468 e. The van der Waals surface area contributed by atoms with E-state index < -0.39 is 0 Å². The zero-order valence-corrected chi connectivity index (χ0v) is 28.9. The summed E-state index contributed by atoms with van der Waals surface area (Å²) in [4.78, 5) is 4.73. The van der Waals surface area contributed by atoms with Crippen LogP contribution < -0.4 is 9.80 Å². The highest BCUT2D eigenvalue weighted by molar-refractivity contribution is 6.12. The van der Waals surface area contributed by atoms with E-state index in [1.165, 1.54) is 77.4 Å². The van der Waals surface area contributed by atoms with Crippen LogP contribution in [0.1, 0.15) is 22.3 Å². The van der Waals surface area contributed by atoms with Crippen molar-refractivity contribution in [1.82, 2.24) is 0 Å². The molecule has 9 rings (SSSR count). The summed E-state index contributed by atoms with van der Waals surface area (Å²) in [6.45, 7) is 8.72. The Morgan fingerprint density at radius 1 is 0.260 bits per heavy atom. The van der Waals surface area contributed by atoms with Crippen LogP contribution in [0.25, 0.3) is 43.8 Å². The second-order valence-corrected chi connectivity index (χ2v) is 13.7. The summed E-state index contributed by atoms with van der Waals surface area (Å²) in [5.74, 6) is 0. The third-order valence-corrected chi connectivity index (χ3v) is 10.5. The maximum atomic E-state index is 2.39. The smallest absolute Gasteiger partial charge is 0.0468 e. The van der Waals surface area contributed by atoms with Crippen molar-refractivity contribution in [2.75, 3.05) is 9.80 Å². The molecular formula is C48H38N2. The lowest BCUT2D eigenvalue weighted by Crippen LogP contribution is -2.10. The molecule has 1 aliphatic carbocycles. The summed E-state index contributed by atoms with van der Waals surface area (Å²) >= 11 is 0. The third kappa shape index (κ3) is 5.04. The van der Waals surface area contributed by atoms with Crippen LogP contribution >= 0.6 is 0 Å². The number of benzene rings is 8. The van der Waals surface area contributed by atoms with Gasteiger partial charge in [0, 0.05) is 34.1 Å². The number of para-hydroxylation sites is 2. The number of hydrogen-bond donors (Lipinski definition) is 0. The first kappa shape index (κ1) is 30.0. The Kier molecular flexibility index (Phi) is 7.07. The quantitative estimate of drug-likeness (QED) is 0.178. The summed E-state index contributed by atoms with van der Waals surface area (Å²) in [6, 6.07) is 58.1. The monoisotopic (exact) mass is 642 g/mol. The van der Waals surface area contributed by atoms with Crippen molar-refractivity contribution >= 4 is 55.7 Å². The van der Waals surface area contributed by atoms with Crippen LogP contribution in [0.3, 0.4) is 0 Å². The Hall–Kier alpha value is -6.12. The Morgan fingerprint density at radius 2 is 0.600 bits per heavy atom. The molecule has 0 radical (unpaired) electrons. The fourth-order valence-corrected chi connectivity index (χ4v) is 7.46. The molecule has 0 N–H and O–H groups in total. The van der Waals surface area contributed by atoms with Gasteiger partial charge in [0.2, 0.25) is 0 Å². The minimum absolute atomic E-state index is 1.15. The average Bonchev–Trinajstić information content (AvgIpc) is 3.14. The Bertz CT molecular complexity index is 2400. The minimum Gasteiger partial charge on any atom is -0.310 e. The predicted molar refractivity (Wildman–Crippen MR) is 214 cm³/mol. The van der Waals surface area contributed by atoms with Crippen molar-refractivity contribution in [3.05, 3.63) is 180 Å². The first-order valence-electron chi connectivity index (χ1n) is 17.4. The Balaban J connectivity index is 1.13. The van der Waals surface area contributed by atoms with E-state index in [4.69, 9.17) is 0 Å². The van der Waals surface area contributed by atoms with E-state index in [1.54, 1.807) is 0 Å². The van der Waals surface area contributed by atoms with Gasteiger partial charge in [0.05, 0.1) is 0 Å². The molecule has 0 amide bonds. The van der Waals surface area contributed by atoms with Crippen LogP contribution in [0.2, 0.25) is 0 Å². The molecule has 0 saturated heterocycles. The molecule has 240 valence electrons. The van der Waals surface area contributed by atoms with Gasteiger partial charge in [-0.3, -0.25) is 0 Å². The van der Waals surface area contributed by atoms with Crippen molar-refractivity contribution < 1.29 is 0 Å². The molecule has 0 aliphatic heterocycles. The molecule has 0 aromatic heterocycles. The molecule has 0 saturated carbocycles. The van der Waals surface area contributed by atoms with Gasteiger partial charge in [-0.25, -0.2) is 0 Å². The van der Waals surface area contributed by atoms with Crippen LogP contribution in [-0.2, 0) is 0 Å². The van der Waals surface area contributed by atoms with Crippen molar-refractivity contribution in [1.29, 1.82) is 0 Å². The minimum atomic E-state index is 1.15. The van der Waals surface area contributed by atoms with E-state index in [1.807, 2.05) is 0 Å². The van der Waals surface area contributed by atoms with Crippen LogP contribution in [0.5, 0.6) is 0 Å². The number of hydrogen-bond acceptors (Lipinski definition) is 2. The predicted octanol–water partition coefficient (Wildman–Crippen LogP) is 13.8. The summed E-state index contributed by atoms with van der Waals surface area (Å²) in [6.07, 6.45) is 0. The van der Waals surface area contributed by atoms with Crippen LogP contribution in [0.4, 0.5) is 34.1 Å². The topological polar surface area (TPSA) is 6.48 Å². The molecule has 0 fully saturated rings. The van der Waals surface area contributed by atoms with E-state index in [2.05, 4.69) is 195 Å². The third-order valence-electron chi connectivity index (χ3n) is 10.5. The van der Waals surface area contributed by atoms with E-state index in [0.717, 1.165) is 22.7 Å². The number of aryl methyl sites for hydroxylation is 4. The van der Waals surface area contributed by atoms with E-state index in [9.17, 15) is 0 Å². The summed E-state index contributed by atoms with van der Waals surface area (Å²) in [7, 11) is 0. The molecular weight excluding hydrogens is 605 g/mol. The fourth-order valence-electron chi connectivity index (χ4n) is 7.46. The highest BCUT2D eigenvalue weighted by Gasteiger charge is 2.25. The van der Waals surface area contributed by atoms with Gasteiger partial charge in [-0.15, -0.1) is 0 Å². The zero-order valence-electron chi connectivity index (χ0n) is 28.9. The molecule has 2 nitrogen and oxygen atoms in total. The molecule has 8 aromatic rings. The van der Waals surface area contributed by atoms with E-state index in [-0.39, 0.29) is 0 Å². The van der Waals surface area contributed by atoms with Gasteiger partial charge in [0.1, 0.15) is 0 Å². The van der Waals surface area contributed by atoms with Gasteiger partial charge in [-0.05, 0) is 191 Å². The molecule has 0 unspecified atom stereocenters. The highest BCUT2D eigenvalue weighted by Crippen LogP contribution is 2.51. The summed E-state index contributed by atoms with van der Waals surface area (Å²) in [5.41, 5.74) is 17.4.